The molecule has 4 aromatic rings. The van der Waals surface area contributed by atoms with Gasteiger partial charge in [0, 0.05) is 47.2 Å². The maximum Gasteiger partial charge on any atom is 0.217 e. The predicted molar refractivity (Wildman–Crippen MR) is 140 cm³/mol. The van der Waals surface area contributed by atoms with Crippen molar-refractivity contribution < 1.29 is 9.90 Å². The monoisotopic (exact) mass is 467 g/mol. The maximum atomic E-state index is 11.8. The lowest BCUT2D eigenvalue weighted by Crippen LogP contribution is -2.49. The number of rotatable bonds is 4. The van der Waals surface area contributed by atoms with Crippen LogP contribution in [0, 0.1) is 0 Å². The van der Waals surface area contributed by atoms with E-state index in [1.165, 1.54) is 39.9 Å². The van der Waals surface area contributed by atoms with Crippen LogP contribution in [0.4, 0.5) is 0 Å². The summed E-state index contributed by atoms with van der Waals surface area (Å²) in [6.45, 7) is 7.44. The molecule has 0 unspecified atom stereocenters. The van der Waals surface area contributed by atoms with Crippen molar-refractivity contribution in [2.75, 3.05) is 13.1 Å². The van der Waals surface area contributed by atoms with Crippen LogP contribution in [0.25, 0.3) is 21.8 Å². The Balaban J connectivity index is 1.24. The molecule has 0 bridgehead atoms. The molecule has 35 heavy (non-hydrogen) atoms. The largest absolute Gasteiger partial charge is 0.390 e. The summed E-state index contributed by atoms with van der Waals surface area (Å²) >= 11 is 0. The van der Waals surface area contributed by atoms with Crippen molar-refractivity contribution in [3.63, 3.8) is 0 Å². The number of hydrogen-bond donors (Lipinski definition) is 2. The van der Waals surface area contributed by atoms with Crippen molar-refractivity contribution in [2.24, 2.45) is 0 Å². The fourth-order valence-electron chi connectivity index (χ4n) is 6.72. The molecule has 2 atom stereocenters. The third-order valence-electron chi connectivity index (χ3n) is 8.38. The SMILES string of the molecule is CCn1c2ccccc2c2cc(CN3CCC4(CC3)c3ccccc3[C@H](NC(C)=O)[C@H]4O)ccc21. The summed E-state index contributed by atoms with van der Waals surface area (Å²) in [6, 6.07) is 23.5. The van der Waals surface area contributed by atoms with Crippen LogP contribution in [0.2, 0.25) is 0 Å². The number of aromatic nitrogens is 1. The van der Waals surface area contributed by atoms with Gasteiger partial charge in [-0.15, -0.1) is 0 Å². The number of benzene rings is 3. The van der Waals surface area contributed by atoms with Gasteiger partial charge in [0.15, 0.2) is 0 Å². The maximum absolute atomic E-state index is 11.8. The van der Waals surface area contributed by atoms with Crippen LogP contribution in [-0.4, -0.2) is 39.7 Å². The molecule has 6 rings (SSSR count). The van der Waals surface area contributed by atoms with Crippen molar-refractivity contribution >= 4 is 27.7 Å². The van der Waals surface area contributed by atoms with E-state index in [2.05, 4.69) is 82.4 Å². The summed E-state index contributed by atoms with van der Waals surface area (Å²) in [4.78, 5) is 14.4. The fourth-order valence-corrected chi connectivity index (χ4v) is 6.72. The number of aliphatic hydroxyl groups excluding tert-OH is 1. The van der Waals surface area contributed by atoms with E-state index in [1.807, 2.05) is 6.07 Å². The fraction of sp³-hybridized carbons (Fsp3) is 0.367. The third-order valence-corrected chi connectivity index (χ3v) is 8.38. The lowest BCUT2D eigenvalue weighted by atomic mass is 9.72. The molecule has 180 valence electrons. The van der Waals surface area contributed by atoms with Gasteiger partial charge in [-0.25, -0.2) is 0 Å². The number of aliphatic hydroxyl groups is 1. The summed E-state index contributed by atoms with van der Waals surface area (Å²) in [5, 5.41) is 17.1. The lowest BCUT2D eigenvalue weighted by molar-refractivity contribution is -0.121. The van der Waals surface area contributed by atoms with Crippen LogP contribution >= 0.6 is 0 Å². The van der Waals surface area contributed by atoms with Gasteiger partial charge in [-0.2, -0.15) is 0 Å². The van der Waals surface area contributed by atoms with E-state index in [0.717, 1.165) is 44.6 Å². The number of hydrogen-bond acceptors (Lipinski definition) is 3. The smallest absolute Gasteiger partial charge is 0.217 e. The quantitative estimate of drug-likeness (QED) is 0.449. The molecule has 1 aromatic heterocycles. The van der Waals surface area contributed by atoms with E-state index in [4.69, 9.17) is 0 Å². The highest BCUT2D eigenvalue weighted by Gasteiger charge is 2.52. The van der Waals surface area contributed by atoms with Crippen LogP contribution in [-0.2, 0) is 23.3 Å². The van der Waals surface area contributed by atoms with E-state index in [9.17, 15) is 9.90 Å². The van der Waals surface area contributed by atoms with Crippen LogP contribution in [0.3, 0.4) is 0 Å². The van der Waals surface area contributed by atoms with Gasteiger partial charge in [-0.05, 0) is 67.7 Å². The zero-order chi connectivity index (χ0) is 24.2. The number of nitrogens with one attached hydrogen (secondary N) is 1. The van der Waals surface area contributed by atoms with Crippen LogP contribution in [0.5, 0.6) is 0 Å². The number of carbonyl (C=O) groups is 1. The molecule has 1 aliphatic carbocycles. The summed E-state index contributed by atoms with van der Waals surface area (Å²) in [7, 11) is 0. The number of nitrogens with zero attached hydrogens (tertiary/aromatic N) is 2. The number of carbonyl (C=O) groups excluding carboxylic acids is 1. The Morgan fingerprint density at radius 1 is 1.00 bits per heavy atom. The predicted octanol–water partition coefficient (Wildman–Crippen LogP) is 4.90. The van der Waals surface area contributed by atoms with Gasteiger partial charge in [-0.1, -0.05) is 48.5 Å². The van der Waals surface area contributed by atoms with Crippen LogP contribution < -0.4 is 5.32 Å². The second-order valence-corrected chi connectivity index (χ2v) is 10.3. The van der Waals surface area contributed by atoms with Gasteiger partial charge in [-0.3, -0.25) is 9.69 Å². The summed E-state index contributed by atoms with van der Waals surface area (Å²) in [6.07, 6.45) is 1.18. The first-order valence-electron chi connectivity index (χ1n) is 12.8. The molecule has 5 nitrogen and oxygen atoms in total. The minimum Gasteiger partial charge on any atom is -0.390 e. The summed E-state index contributed by atoms with van der Waals surface area (Å²) < 4.78 is 2.39. The minimum absolute atomic E-state index is 0.0989. The molecule has 3 aromatic carbocycles. The summed E-state index contributed by atoms with van der Waals surface area (Å²) in [5.41, 5.74) is 5.91. The van der Waals surface area contributed by atoms with Crippen molar-refractivity contribution in [1.29, 1.82) is 0 Å². The third kappa shape index (κ3) is 3.48. The van der Waals surface area contributed by atoms with Gasteiger partial charge in [0.05, 0.1) is 12.1 Å². The number of fused-ring (bicyclic) bond motifs is 5. The molecule has 2 N–H and O–H groups in total. The number of amides is 1. The molecule has 1 amide bonds. The molecular formula is C30H33N3O2. The highest BCUT2D eigenvalue weighted by molar-refractivity contribution is 6.08. The Labute approximate surface area is 206 Å². The van der Waals surface area contributed by atoms with E-state index < -0.39 is 6.10 Å². The molecular weight excluding hydrogens is 434 g/mol. The molecule has 1 fully saturated rings. The molecule has 5 heteroatoms. The van der Waals surface area contributed by atoms with Gasteiger partial charge in [0.2, 0.25) is 5.91 Å². The van der Waals surface area contributed by atoms with Gasteiger partial charge < -0.3 is 15.0 Å². The Kier molecular flexibility index (Phi) is 5.42. The highest BCUT2D eigenvalue weighted by atomic mass is 16.3. The zero-order valence-electron chi connectivity index (χ0n) is 20.5. The second-order valence-electron chi connectivity index (χ2n) is 10.3. The van der Waals surface area contributed by atoms with E-state index in [1.54, 1.807) is 0 Å². The number of piperidine rings is 1. The first-order chi connectivity index (χ1) is 17.0. The standard InChI is InChI=1S/C30H33N3O2/c1-3-33-26-11-7-5-8-22(26)24-18-21(12-13-27(24)33)19-32-16-14-30(15-17-32)25-10-6-4-9-23(25)28(29(30)35)31-20(2)34/h4-13,18,28-29,35H,3,14-17,19H2,1-2H3,(H,31,34)/t28-,29+/m0/s1. The van der Waals surface area contributed by atoms with E-state index in [-0.39, 0.29) is 17.4 Å². The van der Waals surface area contributed by atoms with Crippen molar-refractivity contribution in [2.45, 2.75) is 57.3 Å². The van der Waals surface area contributed by atoms with Crippen molar-refractivity contribution in [1.82, 2.24) is 14.8 Å². The Morgan fingerprint density at radius 3 is 2.49 bits per heavy atom. The topological polar surface area (TPSA) is 57.5 Å². The Bertz CT molecular complexity index is 1410. The average molecular weight is 468 g/mol. The molecule has 0 saturated carbocycles. The molecule has 1 spiro atoms. The van der Waals surface area contributed by atoms with E-state index in [0.29, 0.717) is 0 Å². The molecule has 1 saturated heterocycles. The highest BCUT2D eigenvalue weighted by Crippen LogP contribution is 2.51. The first kappa shape index (κ1) is 22.3. The van der Waals surface area contributed by atoms with Crippen molar-refractivity contribution in [3.8, 4) is 0 Å². The Hall–Kier alpha value is -3.15. The minimum atomic E-state index is -0.595. The van der Waals surface area contributed by atoms with Gasteiger partial charge in [0.1, 0.15) is 0 Å². The number of aryl methyl sites for hydroxylation is 1. The number of likely N-dealkylation sites (tertiary alicyclic amines) is 1. The molecule has 2 aliphatic rings. The van der Waals surface area contributed by atoms with Crippen molar-refractivity contribution in [3.05, 3.63) is 83.4 Å². The van der Waals surface area contributed by atoms with Crippen LogP contribution in [0.1, 0.15) is 49.4 Å². The van der Waals surface area contributed by atoms with Gasteiger partial charge >= 0.3 is 0 Å². The van der Waals surface area contributed by atoms with Gasteiger partial charge in [0.25, 0.3) is 0 Å². The zero-order valence-corrected chi connectivity index (χ0v) is 20.5. The summed E-state index contributed by atoms with van der Waals surface area (Å²) in [5.74, 6) is -0.0989. The second kappa shape index (κ2) is 8.51. The Morgan fingerprint density at radius 2 is 1.71 bits per heavy atom. The first-order valence-corrected chi connectivity index (χ1v) is 12.8. The normalized spacial score (nSPS) is 21.6. The molecule has 0 radical (unpaired) electrons. The number of para-hydroxylation sites is 1. The van der Waals surface area contributed by atoms with E-state index >= 15 is 0 Å². The lowest BCUT2D eigenvalue weighted by Gasteiger charge is -2.43. The molecule has 1 aliphatic heterocycles. The van der Waals surface area contributed by atoms with Crippen LogP contribution in [0.15, 0.2) is 66.7 Å². The molecule has 2 heterocycles. The average Bonchev–Trinajstić information content (AvgIpc) is 3.31.